The van der Waals surface area contributed by atoms with Crippen LogP contribution in [0.4, 0.5) is 0 Å². The molecule has 0 aliphatic carbocycles. The second kappa shape index (κ2) is 17.0. The average Bonchev–Trinajstić information content (AvgIpc) is 2.53. The van der Waals surface area contributed by atoms with Gasteiger partial charge in [-0.05, 0) is 53.4 Å². The Morgan fingerprint density at radius 1 is 0.640 bits per heavy atom. The molecule has 0 fully saturated rings. The van der Waals surface area contributed by atoms with Crippen molar-refractivity contribution in [1.29, 1.82) is 0 Å². The third-order valence-corrected chi connectivity index (χ3v) is 5.53. The Morgan fingerprint density at radius 3 is 0.880 bits per heavy atom. The third kappa shape index (κ3) is 12.0. The smallest absolute Gasteiger partial charge is 0.411 e. The van der Waals surface area contributed by atoms with Gasteiger partial charge in [-0.15, -0.1) is 0 Å². The van der Waals surface area contributed by atoms with E-state index in [-0.39, 0.29) is 19.5 Å². The first-order valence-electron chi connectivity index (χ1n) is 9.07. The van der Waals surface area contributed by atoms with Gasteiger partial charge in [0.1, 0.15) is 0 Å². The van der Waals surface area contributed by atoms with Crippen LogP contribution in [0, 0.1) is 0 Å². The van der Waals surface area contributed by atoms with E-state index in [2.05, 4.69) is 65.2 Å². The Balaban J connectivity index is -0.000000372. The van der Waals surface area contributed by atoms with E-state index in [1.54, 1.807) is 0 Å². The molecule has 0 aromatic heterocycles. The first-order chi connectivity index (χ1) is 11.1. The summed E-state index contributed by atoms with van der Waals surface area (Å²) in [7, 11) is 0. The number of nitrogens with zero attached hydrogens (tertiary/aromatic N) is 2. The third-order valence-electron chi connectivity index (χ3n) is 4.68. The summed E-state index contributed by atoms with van der Waals surface area (Å²) >= 11 is 20.2. The summed E-state index contributed by atoms with van der Waals surface area (Å²) in [4.78, 5) is 4.31. The van der Waals surface area contributed by atoms with Crippen molar-refractivity contribution in [2.24, 2.45) is 0 Å². The van der Waals surface area contributed by atoms with E-state index in [0.29, 0.717) is 32.8 Å². The quantitative estimate of drug-likeness (QED) is 0.261. The minimum atomic E-state index is 0. The number of hydrogen-bond acceptors (Lipinski definition) is 4. The molecule has 25 heavy (non-hydrogen) atoms. The second-order valence-corrected chi connectivity index (χ2v) is 8.44. The average molecular weight is 474 g/mol. The Labute approximate surface area is 191 Å². The number of rotatable bonds is 8. The van der Waals surface area contributed by atoms with Crippen LogP contribution in [0.3, 0.4) is 0 Å². The van der Waals surface area contributed by atoms with Crippen molar-refractivity contribution in [3.05, 3.63) is 0 Å². The van der Waals surface area contributed by atoms with Gasteiger partial charge in [-0.1, -0.05) is 36.3 Å². The van der Waals surface area contributed by atoms with Gasteiger partial charge < -0.3 is 59.5 Å². The molecule has 0 N–H and O–H groups in total. The summed E-state index contributed by atoms with van der Waals surface area (Å²) in [6.45, 7) is 17.3. The maximum atomic E-state index is 5.04. The maximum absolute atomic E-state index is 5.04. The fourth-order valence-electron chi connectivity index (χ4n) is 2.38. The van der Waals surface area contributed by atoms with E-state index in [1.165, 1.54) is 0 Å². The molecule has 144 valence electrons. The standard InChI is InChI=1S/2C9H19NS2.Zn/c2*1-5-7(3)10(9(11)12)8(4)6-2;/h2*7-8H,5-6H2,1-4H3,(H,11,12);/q;;+2/p-2. The molecule has 0 aliphatic heterocycles. The van der Waals surface area contributed by atoms with Crippen LogP contribution >= 0.6 is 24.4 Å². The van der Waals surface area contributed by atoms with Gasteiger partial charge in [-0.2, -0.15) is 0 Å². The zero-order chi connectivity index (χ0) is 19.4. The predicted molar refractivity (Wildman–Crippen MR) is 123 cm³/mol. The molecule has 0 amide bonds. The Kier molecular flexibility index (Phi) is 20.8. The van der Waals surface area contributed by atoms with Gasteiger partial charge in [0, 0.05) is 24.2 Å². The molecule has 0 saturated carbocycles. The number of hydrogen-bond donors (Lipinski definition) is 0. The van der Waals surface area contributed by atoms with Gasteiger partial charge >= 0.3 is 19.5 Å². The molecule has 0 bridgehead atoms. The molecule has 4 unspecified atom stereocenters. The van der Waals surface area contributed by atoms with Crippen molar-refractivity contribution in [3.8, 4) is 0 Å². The molecular formula is C18H36N2S4Zn. The van der Waals surface area contributed by atoms with Crippen molar-refractivity contribution >= 4 is 58.3 Å². The SMILES string of the molecule is CCC(C)N(C(=S)[S-])C(C)CC.CCC(C)N(C(=S)[S-])C(C)CC.[Zn+2]. The van der Waals surface area contributed by atoms with Crippen LogP contribution in [0.25, 0.3) is 0 Å². The van der Waals surface area contributed by atoms with Crippen LogP contribution in [0.1, 0.15) is 81.1 Å². The fourth-order valence-corrected chi connectivity index (χ4v) is 3.81. The molecule has 0 heterocycles. The van der Waals surface area contributed by atoms with Crippen LogP contribution < -0.4 is 0 Å². The topological polar surface area (TPSA) is 6.48 Å². The van der Waals surface area contributed by atoms with Crippen molar-refractivity contribution in [2.45, 2.75) is 105 Å². The Bertz CT molecular complexity index is 315. The molecule has 0 saturated heterocycles. The molecule has 0 rings (SSSR count). The minimum Gasteiger partial charge on any atom is -0.411 e. The monoisotopic (exact) mass is 472 g/mol. The molecule has 0 aromatic carbocycles. The van der Waals surface area contributed by atoms with Gasteiger partial charge in [0.2, 0.25) is 0 Å². The van der Waals surface area contributed by atoms with E-state index in [1.807, 2.05) is 0 Å². The second-order valence-electron chi connectivity index (χ2n) is 6.38. The van der Waals surface area contributed by atoms with Gasteiger partial charge in [0.05, 0.1) is 0 Å². The summed E-state index contributed by atoms with van der Waals surface area (Å²) < 4.78 is 1.22. The van der Waals surface area contributed by atoms with Crippen LogP contribution in [0.2, 0.25) is 0 Å². The van der Waals surface area contributed by atoms with Crippen LogP contribution in [-0.2, 0) is 44.7 Å². The molecule has 0 aromatic rings. The van der Waals surface area contributed by atoms with Crippen molar-refractivity contribution in [3.63, 3.8) is 0 Å². The zero-order valence-electron chi connectivity index (χ0n) is 17.4. The van der Waals surface area contributed by atoms with E-state index in [0.717, 1.165) is 25.7 Å². The normalized spacial score (nSPS) is 14.7. The van der Waals surface area contributed by atoms with Crippen molar-refractivity contribution in [2.75, 3.05) is 0 Å². The van der Waals surface area contributed by atoms with Crippen LogP contribution in [0.15, 0.2) is 0 Å². The predicted octanol–water partition coefficient (Wildman–Crippen LogP) is 5.43. The van der Waals surface area contributed by atoms with E-state index in [9.17, 15) is 0 Å². The summed E-state index contributed by atoms with van der Waals surface area (Å²) in [5, 5.41) is 0. The molecular weight excluding hydrogens is 438 g/mol. The molecule has 2 nitrogen and oxygen atoms in total. The maximum Gasteiger partial charge on any atom is 2.00 e. The van der Waals surface area contributed by atoms with Gasteiger partial charge in [0.15, 0.2) is 0 Å². The van der Waals surface area contributed by atoms with Crippen LogP contribution in [0.5, 0.6) is 0 Å². The molecule has 0 spiro atoms. The zero-order valence-corrected chi connectivity index (χ0v) is 23.6. The fraction of sp³-hybridized carbons (Fsp3) is 0.889. The number of thiocarbonyl (C=S) groups is 2. The summed E-state index contributed by atoms with van der Waals surface area (Å²) in [5.74, 6) is 0. The van der Waals surface area contributed by atoms with Gasteiger partial charge in [-0.25, -0.2) is 0 Å². The first-order valence-corrected chi connectivity index (χ1v) is 10.7. The van der Waals surface area contributed by atoms with Gasteiger partial charge in [0.25, 0.3) is 0 Å². The van der Waals surface area contributed by atoms with E-state index < -0.39 is 0 Å². The summed E-state index contributed by atoms with van der Waals surface area (Å²) in [6.07, 6.45) is 4.39. The molecule has 4 atom stereocenters. The van der Waals surface area contributed by atoms with Crippen LogP contribution in [-0.4, -0.2) is 42.6 Å². The largest absolute Gasteiger partial charge is 2.00 e. The van der Waals surface area contributed by atoms with E-state index >= 15 is 0 Å². The Morgan fingerprint density at radius 2 is 0.800 bits per heavy atom. The van der Waals surface area contributed by atoms with Crippen molar-refractivity contribution in [1.82, 2.24) is 9.80 Å². The molecule has 7 heteroatoms. The molecule has 0 aliphatic rings. The van der Waals surface area contributed by atoms with Gasteiger partial charge in [-0.3, -0.25) is 0 Å². The minimum absolute atomic E-state index is 0. The molecule has 0 radical (unpaired) electrons. The first kappa shape index (κ1) is 30.6. The summed E-state index contributed by atoms with van der Waals surface area (Å²) in [6, 6.07) is 1.91. The van der Waals surface area contributed by atoms with Crippen molar-refractivity contribution < 1.29 is 19.5 Å². The van der Waals surface area contributed by atoms with E-state index in [4.69, 9.17) is 49.7 Å². The summed E-state index contributed by atoms with van der Waals surface area (Å²) in [5.41, 5.74) is 0. The Hall–Kier alpha value is 0.843.